The molecule has 1 heterocycles. The van der Waals surface area contributed by atoms with Crippen molar-refractivity contribution in [3.8, 4) is 0 Å². The van der Waals surface area contributed by atoms with Crippen molar-refractivity contribution in [3.05, 3.63) is 52.8 Å². The zero-order valence-electron chi connectivity index (χ0n) is 15.4. The van der Waals surface area contributed by atoms with E-state index in [2.05, 4.69) is 33.5 Å². The highest BCUT2D eigenvalue weighted by Crippen LogP contribution is 2.43. The highest BCUT2D eigenvalue weighted by atomic mass is 35.5. The monoisotopic (exact) mass is 382 g/mol. The normalized spacial score (nSPS) is 16.9. The van der Waals surface area contributed by atoms with Crippen molar-refractivity contribution in [2.75, 3.05) is 18.5 Å². The molecule has 27 heavy (non-hydrogen) atoms. The van der Waals surface area contributed by atoms with Gasteiger partial charge < -0.3 is 5.32 Å². The van der Waals surface area contributed by atoms with Crippen LogP contribution in [-0.4, -0.2) is 30.8 Å². The summed E-state index contributed by atoms with van der Waals surface area (Å²) in [5.74, 6) is 2.11. The first-order chi connectivity index (χ1) is 13.2. The summed E-state index contributed by atoms with van der Waals surface area (Å²) in [7, 11) is 1.77. The molecule has 0 aliphatic heterocycles. The van der Waals surface area contributed by atoms with Gasteiger partial charge in [-0.2, -0.15) is 0 Å². The number of halogens is 1. The fourth-order valence-electron chi connectivity index (χ4n) is 3.28. The molecule has 4 rings (SSSR count). The standard InChI is InChI=1S/C21H23ClN4O/c1-23-21(25-12-14-4-5-14)17-9-8-16(15-6-7-15)11-19(17)26(13-27)18-3-2-10-24-20(18)22/h2-3,8-11,13-15H,4-7,12H2,1H3,(H,23,25). The number of hydrogen-bond donors (Lipinski definition) is 1. The van der Waals surface area contributed by atoms with Crippen LogP contribution in [0.4, 0.5) is 11.4 Å². The Balaban J connectivity index is 1.76. The Morgan fingerprint density at radius 1 is 1.30 bits per heavy atom. The molecule has 1 aromatic carbocycles. The molecule has 140 valence electrons. The van der Waals surface area contributed by atoms with Gasteiger partial charge in [-0.1, -0.05) is 17.7 Å². The molecular weight excluding hydrogens is 360 g/mol. The van der Waals surface area contributed by atoms with Gasteiger partial charge in [-0.25, -0.2) is 4.98 Å². The number of rotatable bonds is 7. The number of carbonyl (C=O) groups is 1. The van der Waals surface area contributed by atoms with Gasteiger partial charge in [0.25, 0.3) is 0 Å². The van der Waals surface area contributed by atoms with Crippen LogP contribution in [0.1, 0.15) is 42.7 Å². The number of benzene rings is 1. The van der Waals surface area contributed by atoms with E-state index in [4.69, 9.17) is 11.6 Å². The zero-order chi connectivity index (χ0) is 18.8. The summed E-state index contributed by atoms with van der Waals surface area (Å²) in [4.78, 5) is 22.2. The van der Waals surface area contributed by atoms with Crippen molar-refractivity contribution in [3.63, 3.8) is 0 Å². The maximum atomic E-state index is 12.1. The van der Waals surface area contributed by atoms with Crippen LogP contribution in [-0.2, 0) is 4.79 Å². The van der Waals surface area contributed by atoms with Crippen molar-refractivity contribution in [2.45, 2.75) is 31.6 Å². The SMILES string of the molecule is CN=C(NCC1CC1)c1ccc(C2CC2)cc1N(C=O)c1cccnc1Cl. The lowest BCUT2D eigenvalue weighted by molar-refractivity contribution is -0.106. The Bertz CT molecular complexity index is 874. The molecule has 1 aromatic heterocycles. The van der Waals surface area contributed by atoms with E-state index >= 15 is 0 Å². The van der Waals surface area contributed by atoms with Crippen molar-refractivity contribution in [1.29, 1.82) is 0 Å². The van der Waals surface area contributed by atoms with Crippen molar-refractivity contribution in [1.82, 2.24) is 10.3 Å². The number of amidine groups is 1. The third-order valence-electron chi connectivity index (χ3n) is 5.17. The molecule has 0 bridgehead atoms. The van der Waals surface area contributed by atoms with Gasteiger partial charge >= 0.3 is 0 Å². The minimum atomic E-state index is 0.299. The van der Waals surface area contributed by atoms with Crippen LogP contribution >= 0.6 is 11.6 Å². The quantitative estimate of drug-likeness (QED) is 0.336. The summed E-state index contributed by atoms with van der Waals surface area (Å²) in [6.45, 7) is 0.908. The van der Waals surface area contributed by atoms with Crippen molar-refractivity contribution < 1.29 is 4.79 Å². The van der Waals surface area contributed by atoms with E-state index in [9.17, 15) is 4.79 Å². The molecule has 5 nitrogen and oxygen atoms in total. The van der Waals surface area contributed by atoms with Gasteiger partial charge in [0.15, 0.2) is 5.15 Å². The minimum absolute atomic E-state index is 0.299. The Morgan fingerprint density at radius 3 is 2.74 bits per heavy atom. The van der Waals surface area contributed by atoms with E-state index in [0.717, 1.165) is 36.0 Å². The third-order valence-corrected chi connectivity index (χ3v) is 5.46. The number of nitrogens with one attached hydrogen (secondary N) is 1. The first-order valence-corrected chi connectivity index (χ1v) is 9.79. The lowest BCUT2D eigenvalue weighted by Crippen LogP contribution is -2.29. The van der Waals surface area contributed by atoms with E-state index in [0.29, 0.717) is 16.8 Å². The topological polar surface area (TPSA) is 57.6 Å². The zero-order valence-corrected chi connectivity index (χ0v) is 16.1. The molecule has 2 fully saturated rings. The largest absolute Gasteiger partial charge is 0.370 e. The molecular formula is C21H23ClN4O. The van der Waals surface area contributed by atoms with Crippen molar-refractivity contribution >= 4 is 35.2 Å². The second kappa shape index (κ2) is 7.69. The Labute approximate surface area is 164 Å². The minimum Gasteiger partial charge on any atom is -0.370 e. The first-order valence-electron chi connectivity index (χ1n) is 9.41. The van der Waals surface area contributed by atoms with Crippen LogP contribution in [0, 0.1) is 5.92 Å². The van der Waals surface area contributed by atoms with E-state index in [1.807, 2.05) is 0 Å². The van der Waals surface area contributed by atoms with Gasteiger partial charge in [-0.3, -0.25) is 14.7 Å². The number of aliphatic imine (C=N–C) groups is 1. The van der Waals surface area contributed by atoms with Crippen LogP contribution in [0.2, 0.25) is 5.15 Å². The lowest BCUT2D eigenvalue weighted by Gasteiger charge is -2.23. The third kappa shape index (κ3) is 3.98. The number of aromatic nitrogens is 1. The summed E-state index contributed by atoms with van der Waals surface area (Å²) in [5, 5.41) is 3.76. The average molecular weight is 383 g/mol. The molecule has 6 heteroatoms. The second-order valence-corrected chi connectivity index (χ2v) is 7.59. The maximum absolute atomic E-state index is 12.1. The van der Waals surface area contributed by atoms with Gasteiger partial charge in [-0.15, -0.1) is 0 Å². The van der Waals surface area contributed by atoms with Crippen molar-refractivity contribution in [2.24, 2.45) is 10.9 Å². The van der Waals surface area contributed by atoms with Gasteiger partial charge in [-0.05, 0) is 67.3 Å². The van der Waals surface area contributed by atoms with Crippen LogP contribution in [0.25, 0.3) is 0 Å². The van der Waals surface area contributed by atoms with Gasteiger partial charge in [0, 0.05) is 25.4 Å². The maximum Gasteiger partial charge on any atom is 0.218 e. The van der Waals surface area contributed by atoms with E-state index in [-0.39, 0.29) is 0 Å². The Kier molecular flexibility index (Phi) is 5.12. The summed E-state index contributed by atoms with van der Waals surface area (Å²) in [6.07, 6.45) is 7.34. The van der Waals surface area contributed by atoms with E-state index < -0.39 is 0 Å². The average Bonchev–Trinajstić information content (AvgIpc) is 3.58. The molecule has 2 aliphatic rings. The molecule has 1 N–H and O–H groups in total. The Morgan fingerprint density at radius 2 is 2.11 bits per heavy atom. The summed E-state index contributed by atoms with van der Waals surface area (Å²) in [5.41, 5.74) is 3.50. The van der Waals surface area contributed by atoms with E-state index in [1.54, 1.807) is 30.3 Å². The number of anilines is 2. The first kappa shape index (κ1) is 18.0. The molecule has 0 spiro atoms. The number of amides is 1. The summed E-state index contributed by atoms with van der Waals surface area (Å²) in [6, 6.07) is 9.88. The van der Waals surface area contributed by atoms with Crippen LogP contribution in [0.3, 0.4) is 0 Å². The number of pyridine rings is 1. The predicted octanol–water partition coefficient (Wildman–Crippen LogP) is 4.28. The lowest BCUT2D eigenvalue weighted by atomic mass is 10.0. The van der Waals surface area contributed by atoms with E-state index in [1.165, 1.54) is 31.2 Å². The number of hydrogen-bond acceptors (Lipinski definition) is 3. The summed E-state index contributed by atoms with van der Waals surface area (Å²) < 4.78 is 0. The van der Waals surface area contributed by atoms with Crippen LogP contribution < -0.4 is 10.2 Å². The highest BCUT2D eigenvalue weighted by molar-refractivity contribution is 6.32. The Hall–Kier alpha value is -2.40. The van der Waals surface area contributed by atoms with Crippen LogP contribution in [0.15, 0.2) is 41.5 Å². The molecule has 0 unspecified atom stereocenters. The fourth-order valence-corrected chi connectivity index (χ4v) is 3.49. The van der Waals surface area contributed by atoms with Crippen LogP contribution in [0.5, 0.6) is 0 Å². The second-order valence-electron chi connectivity index (χ2n) is 7.24. The predicted molar refractivity (Wildman–Crippen MR) is 109 cm³/mol. The fraction of sp³-hybridized carbons (Fsp3) is 0.381. The number of nitrogens with zero attached hydrogens (tertiary/aromatic N) is 3. The molecule has 0 saturated heterocycles. The molecule has 2 aromatic rings. The molecule has 2 aliphatic carbocycles. The summed E-state index contributed by atoms with van der Waals surface area (Å²) >= 11 is 6.28. The smallest absolute Gasteiger partial charge is 0.218 e. The molecule has 0 atom stereocenters. The van der Waals surface area contributed by atoms with Gasteiger partial charge in [0.2, 0.25) is 6.41 Å². The molecule has 1 amide bonds. The molecule has 0 radical (unpaired) electrons. The molecule has 2 saturated carbocycles. The number of carbonyl (C=O) groups excluding carboxylic acids is 1. The van der Waals surface area contributed by atoms with Gasteiger partial charge in [0.1, 0.15) is 5.84 Å². The van der Waals surface area contributed by atoms with Gasteiger partial charge in [0.05, 0.1) is 11.4 Å². The highest BCUT2D eigenvalue weighted by Gasteiger charge is 2.27.